The first-order chi connectivity index (χ1) is 14.8. The van der Waals surface area contributed by atoms with E-state index in [-0.39, 0.29) is 31.4 Å². The highest BCUT2D eigenvalue weighted by atomic mass is 32.1. The predicted molar refractivity (Wildman–Crippen MR) is 120 cm³/mol. The fraction of sp³-hybridized carbons (Fsp3) is 0.273. The normalized spacial score (nSPS) is 12.5. The molecule has 0 saturated heterocycles. The number of nitrogens with one attached hydrogen (secondary N) is 2. The average molecular weight is 443 g/mol. The zero-order valence-electron chi connectivity index (χ0n) is 17.1. The smallest absolute Gasteiger partial charge is 0.230 e. The molecule has 164 valence electrons. The summed E-state index contributed by atoms with van der Waals surface area (Å²) in [5.41, 5.74) is 8.43. The Kier molecular flexibility index (Phi) is 7.72. The third-order valence-electron chi connectivity index (χ3n) is 4.63. The Bertz CT molecular complexity index is 977. The monoisotopic (exact) mass is 442 g/mol. The Labute approximate surface area is 184 Å². The number of benzene rings is 2. The van der Waals surface area contributed by atoms with E-state index in [1.54, 1.807) is 36.8 Å². The lowest BCUT2D eigenvalue weighted by atomic mass is 10.1. The molecule has 0 bridgehead atoms. The Morgan fingerprint density at radius 1 is 1.19 bits per heavy atom. The van der Waals surface area contributed by atoms with Gasteiger partial charge in [-0.3, -0.25) is 10.1 Å². The van der Waals surface area contributed by atoms with Crippen LogP contribution in [0.2, 0.25) is 0 Å². The molecule has 9 heteroatoms. The topological polar surface area (TPSA) is 130 Å². The van der Waals surface area contributed by atoms with Gasteiger partial charge < -0.3 is 26.0 Å². The van der Waals surface area contributed by atoms with Crippen LogP contribution in [0.25, 0.3) is 0 Å². The third kappa shape index (κ3) is 7.12. The van der Waals surface area contributed by atoms with E-state index in [1.807, 2.05) is 30.3 Å². The molecule has 6 N–H and O–H groups in total. The summed E-state index contributed by atoms with van der Waals surface area (Å²) in [5.74, 6) is -2.31. The zero-order valence-corrected chi connectivity index (χ0v) is 17.9. The minimum Gasteiger partial charge on any atom is -0.375 e. The van der Waals surface area contributed by atoms with Gasteiger partial charge in [0, 0.05) is 31.1 Å². The maximum absolute atomic E-state index is 12.1. The number of anilines is 2. The van der Waals surface area contributed by atoms with Crippen LogP contribution in [0, 0.1) is 0 Å². The molecule has 0 radical (unpaired) electrons. The predicted octanol–water partition coefficient (Wildman–Crippen LogP) is 2.06. The lowest BCUT2D eigenvalue weighted by Crippen LogP contribution is -2.48. The van der Waals surface area contributed by atoms with E-state index in [4.69, 9.17) is 10.5 Å². The average Bonchev–Trinajstić information content (AvgIpc) is 3.15. The molecule has 0 aliphatic rings. The number of carbonyl (C=O) groups excluding carboxylic acids is 1. The Morgan fingerprint density at radius 2 is 1.90 bits per heavy atom. The van der Waals surface area contributed by atoms with Gasteiger partial charge in [0.15, 0.2) is 5.13 Å². The molecule has 0 fully saturated rings. The number of hydrogen-bond donors (Lipinski definition) is 5. The Balaban J connectivity index is 1.51. The molecule has 1 atom stereocenters. The molecule has 8 nitrogen and oxygen atoms in total. The van der Waals surface area contributed by atoms with Gasteiger partial charge in [0.2, 0.25) is 11.8 Å². The van der Waals surface area contributed by atoms with Gasteiger partial charge in [0.1, 0.15) is 0 Å². The van der Waals surface area contributed by atoms with Crippen molar-refractivity contribution >= 4 is 28.1 Å². The van der Waals surface area contributed by atoms with Crippen LogP contribution >= 0.6 is 11.3 Å². The van der Waals surface area contributed by atoms with Crippen molar-refractivity contribution in [1.29, 1.82) is 0 Å². The number of aromatic nitrogens is 1. The number of thiazole rings is 1. The molecule has 0 spiro atoms. The van der Waals surface area contributed by atoms with Crippen LogP contribution in [0.5, 0.6) is 0 Å². The van der Waals surface area contributed by atoms with E-state index in [1.165, 1.54) is 11.3 Å². The largest absolute Gasteiger partial charge is 0.375 e. The standard InChI is InChI=1S/C22H26N4O4S/c1-30-19(16-5-3-2-4-6-16)13-24-22(28,29)12-15-7-9-17(10-8-15)25-20(27)11-18-14-31-21(23)26-18/h2-10,14,19,24,28-29H,11-13H2,1H3,(H2,23,26)(H,25,27). The number of hydrogen-bond acceptors (Lipinski definition) is 8. The number of methoxy groups -OCH3 is 1. The van der Waals surface area contributed by atoms with Gasteiger partial charge in [-0.1, -0.05) is 42.5 Å². The van der Waals surface area contributed by atoms with Crippen molar-refractivity contribution in [3.63, 3.8) is 0 Å². The highest BCUT2D eigenvalue weighted by Crippen LogP contribution is 2.18. The molecule has 31 heavy (non-hydrogen) atoms. The van der Waals surface area contributed by atoms with Crippen LogP contribution in [0.3, 0.4) is 0 Å². The minimum atomic E-state index is -2.11. The van der Waals surface area contributed by atoms with Crippen molar-refractivity contribution in [1.82, 2.24) is 10.3 Å². The second kappa shape index (κ2) is 10.5. The molecule has 3 aromatic rings. The van der Waals surface area contributed by atoms with Gasteiger partial charge in [-0.2, -0.15) is 0 Å². The van der Waals surface area contributed by atoms with E-state index in [0.29, 0.717) is 22.1 Å². The maximum Gasteiger partial charge on any atom is 0.230 e. The molecule has 2 aromatic carbocycles. The SMILES string of the molecule is COC(CNC(O)(O)Cc1ccc(NC(=O)Cc2csc(N)n2)cc1)c1ccccc1. The van der Waals surface area contributed by atoms with Gasteiger partial charge in [-0.15, -0.1) is 11.3 Å². The number of ether oxygens (including phenoxy) is 1. The van der Waals surface area contributed by atoms with Crippen LogP contribution in [0.4, 0.5) is 10.8 Å². The lowest BCUT2D eigenvalue weighted by Gasteiger charge is -2.26. The van der Waals surface area contributed by atoms with Crippen LogP contribution in [0.15, 0.2) is 60.0 Å². The molecule has 1 heterocycles. The highest BCUT2D eigenvalue weighted by Gasteiger charge is 2.25. The van der Waals surface area contributed by atoms with Crippen molar-refractivity contribution in [2.45, 2.75) is 24.9 Å². The Hall–Kier alpha value is -2.82. The van der Waals surface area contributed by atoms with Gasteiger partial charge in [-0.05, 0) is 23.3 Å². The lowest BCUT2D eigenvalue weighted by molar-refractivity contribution is -0.187. The van der Waals surface area contributed by atoms with Crippen molar-refractivity contribution in [3.05, 3.63) is 76.8 Å². The Morgan fingerprint density at radius 3 is 2.52 bits per heavy atom. The number of nitrogens with two attached hydrogens (primary N) is 1. The second-order valence-corrected chi connectivity index (χ2v) is 8.00. The molecule has 0 aliphatic carbocycles. The number of nitrogen functional groups attached to an aromatic ring is 1. The highest BCUT2D eigenvalue weighted by molar-refractivity contribution is 7.13. The van der Waals surface area contributed by atoms with E-state index >= 15 is 0 Å². The fourth-order valence-electron chi connectivity index (χ4n) is 3.09. The molecular weight excluding hydrogens is 416 g/mol. The summed E-state index contributed by atoms with van der Waals surface area (Å²) in [6.07, 6.45) is -0.215. The molecule has 0 saturated carbocycles. The van der Waals surface area contributed by atoms with Crippen LogP contribution < -0.4 is 16.4 Å². The van der Waals surface area contributed by atoms with E-state index in [2.05, 4.69) is 15.6 Å². The fourth-order valence-corrected chi connectivity index (χ4v) is 3.65. The number of nitrogens with zero attached hydrogens (tertiary/aromatic N) is 1. The molecular formula is C22H26N4O4S. The first-order valence-electron chi connectivity index (χ1n) is 9.71. The van der Waals surface area contributed by atoms with Gasteiger partial charge in [0.25, 0.3) is 0 Å². The summed E-state index contributed by atoms with van der Waals surface area (Å²) < 4.78 is 5.44. The zero-order chi connectivity index (χ0) is 22.3. The molecule has 0 aliphatic heterocycles. The number of aliphatic hydroxyl groups is 2. The van der Waals surface area contributed by atoms with Crippen molar-refractivity contribution in [2.75, 3.05) is 24.7 Å². The van der Waals surface area contributed by atoms with Crippen LogP contribution in [0.1, 0.15) is 22.9 Å². The summed E-state index contributed by atoms with van der Waals surface area (Å²) in [6.45, 7) is 0.225. The number of amides is 1. The van der Waals surface area contributed by atoms with Gasteiger partial charge in [0.05, 0.1) is 18.2 Å². The van der Waals surface area contributed by atoms with E-state index in [9.17, 15) is 15.0 Å². The van der Waals surface area contributed by atoms with Crippen molar-refractivity contribution < 1.29 is 19.7 Å². The first-order valence-corrected chi connectivity index (χ1v) is 10.6. The summed E-state index contributed by atoms with van der Waals surface area (Å²) in [5, 5.41) is 28.4. The molecule has 1 unspecified atom stereocenters. The second-order valence-electron chi connectivity index (χ2n) is 7.11. The quantitative estimate of drug-likeness (QED) is 0.304. The molecule has 3 rings (SSSR count). The van der Waals surface area contributed by atoms with Crippen LogP contribution in [-0.2, 0) is 22.4 Å². The van der Waals surface area contributed by atoms with E-state index < -0.39 is 5.91 Å². The van der Waals surface area contributed by atoms with Gasteiger partial charge in [-0.25, -0.2) is 4.98 Å². The first kappa shape index (κ1) is 22.9. The summed E-state index contributed by atoms with van der Waals surface area (Å²) in [7, 11) is 1.58. The van der Waals surface area contributed by atoms with Crippen molar-refractivity contribution in [2.24, 2.45) is 0 Å². The molecule has 1 aromatic heterocycles. The summed E-state index contributed by atoms with van der Waals surface area (Å²) in [4.78, 5) is 16.2. The number of carbonyl (C=O) groups is 1. The van der Waals surface area contributed by atoms with Crippen molar-refractivity contribution in [3.8, 4) is 0 Å². The van der Waals surface area contributed by atoms with E-state index in [0.717, 1.165) is 5.56 Å². The third-order valence-corrected chi connectivity index (χ3v) is 5.35. The summed E-state index contributed by atoms with van der Waals surface area (Å²) in [6, 6.07) is 16.4. The maximum atomic E-state index is 12.1. The minimum absolute atomic E-state index is 0.0372. The summed E-state index contributed by atoms with van der Waals surface area (Å²) >= 11 is 1.29. The molecule has 1 amide bonds. The number of rotatable bonds is 10. The van der Waals surface area contributed by atoms with Gasteiger partial charge >= 0.3 is 0 Å². The van der Waals surface area contributed by atoms with Crippen LogP contribution in [-0.4, -0.2) is 40.7 Å².